The molecule has 3 N–H and O–H groups in total. The van der Waals surface area contributed by atoms with Crippen LogP contribution in [0.2, 0.25) is 0 Å². The van der Waals surface area contributed by atoms with Gasteiger partial charge in [-0.25, -0.2) is 4.39 Å². The predicted octanol–water partition coefficient (Wildman–Crippen LogP) is 2.31. The number of nitrogens with two attached hydrogens (primary N) is 1. The molecule has 1 aliphatic rings. The molecular weight excluding hydrogens is 321 g/mol. The van der Waals surface area contributed by atoms with E-state index in [-0.39, 0.29) is 29.1 Å². The molecule has 1 unspecified atom stereocenters. The van der Waals surface area contributed by atoms with E-state index in [2.05, 4.69) is 5.32 Å². The van der Waals surface area contributed by atoms with E-state index >= 15 is 0 Å². The summed E-state index contributed by atoms with van der Waals surface area (Å²) in [6, 6.07) is 5.51. The number of hydrogen-bond donors (Lipinski definition) is 2. The highest BCUT2D eigenvalue weighted by Gasteiger charge is 2.30. The molecule has 1 aromatic rings. The highest BCUT2D eigenvalue weighted by molar-refractivity contribution is 5.94. The van der Waals surface area contributed by atoms with Gasteiger partial charge in [-0.05, 0) is 49.9 Å². The van der Waals surface area contributed by atoms with Crippen molar-refractivity contribution < 1.29 is 14.0 Å². The first-order chi connectivity index (χ1) is 11.9. The zero-order chi connectivity index (χ0) is 18.4. The van der Waals surface area contributed by atoms with E-state index in [0.29, 0.717) is 25.2 Å². The fourth-order valence-corrected chi connectivity index (χ4v) is 3.06. The SMILES string of the molecule is CCC(N)(CC)CNC(=O)C1CCCN(C(=O)c2ccc(F)cc2)C1. The molecule has 1 saturated heterocycles. The van der Waals surface area contributed by atoms with Crippen LogP contribution in [-0.4, -0.2) is 41.9 Å². The van der Waals surface area contributed by atoms with Gasteiger partial charge in [-0.1, -0.05) is 13.8 Å². The Labute approximate surface area is 148 Å². The minimum absolute atomic E-state index is 0.0478. The maximum atomic E-state index is 13.0. The Morgan fingerprint density at radius 2 is 1.92 bits per heavy atom. The molecule has 1 aliphatic heterocycles. The lowest BCUT2D eigenvalue weighted by molar-refractivity contribution is -0.126. The molecule has 1 atom stereocenters. The number of hydrogen-bond acceptors (Lipinski definition) is 3. The van der Waals surface area contributed by atoms with Crippen LogP contribution in [0.5, 0.6) is 0 Å². The van der Waals surface area contributed by atoms with Gasteiger partial charge in [0, 0.05) is 30.7 Å². The largest absolute Gasteiger partial charge is 0.354 e. The van der Waals surface area contributed by atoms with Crippen LogP contribution in [0.1, 0.15) is 49.9 Å². The summed E-state index contributed by atoms with van der Waals surface area (Å²) < 4.78 is 13.0. The summed E-state index contributed by atoms with van der Waals surface area (Å²) in [5.41, 5.74) is 6.29. The number of benzene rings is 1. The van der Waals surface area contributed by atoms with Crippen LogP contribution in [0.25, 0.3) is 0 Å². The summed E-state index contributed by atoms with van der Waals surface area (Å²) in [7, 11) is 0. The molecule has 25 heavy (non-hydrogen) atoms. The fourth-order valence-electron chi connectivity index (χ4n) is 3.06. The first kappa shape index (κ1) is 19.4. The van der Waals surface area contributed by atoms with Gasteiger partial charge in [0.25, 0.3) is 5.91 Å². The number of piperidine rings is 1. The zero-order valence-electron chi connectivity index (χ0n) is 15.1. The van der Waals surface area contributed by atoms with Crippen LogP contribution in [0.3, 0.4) is 0 Å². The van der Waals surface area contributed by atoms with E-state index in [1.54, 1.807) is 4.90 Å². The molecule has 0 aromatic heterocycles. The molecule has 1 fully saturated rings. The monoisotopic (exact) mass is 349 g/mol. The molecule has 0 saturated carbocycles. The van der Waals surface area contributed by atoms with Crippen molar-refractivity contribution in [2.45, 2.75) is 45.1 Å². The number of amides is 2. The van der Waals surface area contributed by atoms with Crippen molar-refractivity contribution >= 4 is 11.8 Å². The molecular formula is C19H28FN3O2. The molecule has 138 valence electrons. The van der Waals surface area contributed by atoms with Crippen LogP contribution in [-0.2, 0) is 4.79 Å². The highest BCUT2D eigenvalue weighted by Crippen LogP contribution is 2.19. The van der Waals surface area contributed by atoms with Crippen LogP contribution in [0.15, 0.2) is 24.3 Å². The predicted molar refractivity (Wildman–Crippen MR) is 95.5 cm³/mol. The second-order valence-electron chi connectivity index (χ2n) is 6.88. The van der Waals surface area contributed by atoms with E-state index in [0.717, 1.165) is 25.7 Å². The Balaban J connectivity index is 1.94. The Morgan fingerprint density at radius 3 is 2.52 bits per heavy atom. The number of nitrogens with one attached hydrogen (secondary N) is 1. The maximum absolute atomic E-state index is 13.0. The summed E-state index contributed by atoms with van der Waals surface area (Å²) >= 11 is 0. The molecule has 6 heteroatoms. The molecule has 0 aliphatic carbocycles. The second kappa shape index (κ2) is 8.43. The number of likely N-dealkylation sites (tertiary alicyclic amines) is 1. The standard InChI is InChI=1S/C19H28FN3O2/c1-3-19(21,4-2)13-22-17(24)15-6-5-11-23(12-15)18(25)14-7-9-16(20)10-8-14/h7-10,15H,3-6,11-13,21H2,1-2H3,(H,22,24). The summed E-state index contributed by atoms with van der Waals surface area (Å²) in [5.74, 6) is -0.804. The lowest BCUT2D eigenvalue weighted by Crippen LogP contribution is -2.52. The summed E-state index contributed by atoms with van der Waals surface area (Å²) in [6.07, 6.45) is 3.13. The average Bonchev–Trinajstić information content (AvgIpc) is 2.66. The first-order valence-corrected chi connectivity index (χ1v) is 9.00. The fraction of sp³-hybridized carbons (Fsp3) is 0.579. The van der Waals surface area contributed by atoms with Crippen molar-refractivity contribution in [1.29, 1.82) is 0 Å². The zero-order valence-corrected chi connectivity index (χ0v) is 15.1. The molecule has 1 heterocycles. The molecule has 2 rings (SSSR count). The minimum atomic E-state index is -0.381. The molecule has 0 bridgehead atoms. The average molecular weight is 349 g/mol. The number of carbonyl (C=O) groups is 2. The van der Waals surface area contributed by atoms with Crippen LogP contribution in [0, 0.1) is 11.7 Å². The highest BCUT2D eigenvalue weighted by atomic mass is 19.1. The van der Waals surface area contributed by atoms with Crippen molar-refractivity contribution in [2.75, 3.05) is 19.6 Å². The molecule has 2 amide bonds. The molecule has 0 radical (unpaired) electrons. The number of rotatable bonds is 6. The lowest BCUT2D eigenvalue weighted by Gasteiger charge is -2.33. The van der Waals surface area contributed by atoms with Gasteiger partial charge < -0.3 is 16.0 Å². The molecule has 0 spiro atoms. The summed E-state index contributed by atoms with van der Waals surface area (Å²) in [4.78, 5) is 26.7. The Bertz CT molecular complexity index is 599. The lowest BCUT2D eigenvalue weighted by atomic mass is 9.92. The summed E-state index contributed by atoms with van der Waals surface area (Å²) in [6.45, 7) is 5.47. The van der Waals surface area contributed by atoms with Crippen molar-refractivity contribution in [3.63, 3.8) is 0 Å². The van der Waals surface area contributed by atoms with Crippen LogP contribution >= 0.6 is 0 Å². The number of nitrogens with zero attached hydrogens (tertiary/aromatic N) is 1. The third-order valence-electron chi connectivity index (χ3n) is 5.19. The van der Waals surface area contributed by atoms with E-state index in [4.69, 9.17) is 5.73 Å². The summed E-state index contributed by atoms with van der Waals surface area (Å²) in [5, 5.41) is 2.95. The smallest absolute Gasteiger partial charge is 0.253 e. The van der Waals surface area contributed by atoms with Gasteiger partial charge in [0.15, 0.2) is 0 Å². The second-order valence-corrected chi connectivity index (χ2v) is 6.88. The van der Waals surface area contributed by atoms with Crippen LogP contribution in [0.4, 0.5) is 4.39 Å². The van der Waals surface area contributed by atoms with Crippen molar-refractivity contribution in [1.82, 2.24) is 10.2 Å². The third-order valence-corrected chi connectivity index (χ3v) is 5.19. The maximum Gasteiger partial charge on any atom is 0.253 e. The Hall–Kier alpha value is -1.95. The number of halogens is 1. The van der Waals surface area contributed by atoms with Gasteiger partial charge in [0.05, 0.1) is 5.92 Å². The van der Waals surface area contributed by atoms with Gasteiger partial charge in [-0.15, -0.1) is 0 Å². The van der Waals surface area contributed by atoms with Crippen molar-refractivity contribution in [2.24, 2.45) is 11.7 Å². The first-order valence-electron chi connectivity index (χ1n) is 9.00. The van der Waals surface area contributed by atoms with Gasteiger partial charge in [-0.3, -0.25) is 9.59 Å². The van der Waals surface area contributed by atoms with Gasteiger partial charge in [0.1, 0.15) is 5.82 Å². The van der Waals surface area contributed by atoms with Crippen molar-refractivity contribution in [3.05, 3.63) is 35.6 Å². The van der Waals surface area contributed by atoms with Crippen LogP contribution < -0.4 is 11.1 Å². The minimum Gasteiger partial charge on any atom is -0.354 e. The Morgan fingerprint density at radius 1 is 1.28 bits per heavy atom. The molecule has 5 nitrogen and oxygen atoms in total. The van der Waals surface area contributed by atoms with E-state index in [9.17, 15) is 14.0 Å². The van der Waals surface area contributed by atoms with Gasteiger partial charge >= 0.3 is 0 Å². The quantitative estimate of drug-likeness (QED) is 0.827. The normalized spacial score (nSPS) is 18.1. The molecule has 1 aromatic carbocycles. The van der Waals surface area contributed by atoms with E-state index in [1.165, 1.54) is 24.3 Å². The number of carbonyl (C=O) groups excluding carboxylic acids is 2. The van der Waals surface area contributed by atoms with Gasteiger partial charge in [-0.2, -0.15) is 0 Å². The van der Waals surface area contributed by atoms with Gasteiger partial charge in [0.2, 0.25) is 5.91 Å². The van der Waals surface area contributed by atoms with E-state index in [1.807, 2.05) is 13.8 Å². The Kier molecular flexibility index (Phi) is 6.53. The third kappa shape index (κ3) is 5.01. The van der Waals surface area contributed by atoms with E-state index < -0.39 is 0 Å². The topological polar surface area (TPSA) is 75.4 Å². The van der Waals surface area contributed by atoms with Crippen molar-refractivity contribution in [3.8, 4) is 0 Å².